The van der Waals surface area contributed by atoms with Crippen LogP contribution in [0.15, 0.2) is 16.7 Å². The van der Waals surface area contributed by atoms with E-state index >= 15 is 0 Å². The molecule has 5 nitrogen and oxygen atoms in total. The molecule has 0 unspecified atom stereocenters. The molecule has 5 heteroatoms. The van der Waals surface area contributed by atoms with Crippen LogP contribution in [0.4, 0.5) is 0 Å². The molecule has 0 aromatic carbocycles. The molecule has 1 aliphatic rings. The summed E-state index contributed by atoms with van der Waals surface area (Å²) in [7, 11) is 0. The Labute approximate surface area is 137 Å². The van der Waals surface area contributed by atoms with E-state index < -0.39 is 0 Å². The van der Waals surface area contributed by atoms with Crippen LogP contribution in [0.5, 0.6) is 0 Å². The Morgan fingerprint density at radius 3 is 2.74 bits per heavy atom. The summed E-state index contributed by atoms with van der Waals surface area (Å²) in [5.41, 5.74) is 2.97. The standard InChI is InChI=1S/C18H25N3O2/c1-11-9-13(12(2)23-11)17(22)20-15-7-6-8-16-14(15)10-19-21(16)18(3,4)5/h9-10,15H,6-8H2,1-5H3,(H,20,22)/t15-/m0/s1. The van der Waals surface area contributed by atoms with E-state index in [1.165, 1.54) is 5.69 Å². The van der Waals surface area contributed by atoms with Crippen LogP contribution in [-0.4, -0.2) is 15.7 Å². The maximum Gasteiger partial charge on any atom is 0.255 e. The van der Waals surface area contributed by atoms with Crippen molar-refractivity contribution in [3.63, 3.8) is 0 Å². The Kier molecular flexibility index (Phi) is 3.82. The molecule has 23 heavy (non-hydrogen) atoms. The lowest BCUT2D eigenvalue weighted by molar-refractivity contribution is 0.0931. The molecule has 2 heterocycles. The van der Waals surface area contributed by atoms with E-state index in [0.29, 0.717) is 11.3 Å². The highest BCUT2D eigenvalue weighted by Crippen LogP contribution is 2.32. The fourth-order valence-corrected chi connectivity index (χ4v) is 3.38. The van der Waals surface area contributed by atoms with Crippen molar-refractivity contribution in [1.82, 2.24) is 15.1 Å². The number of furan rings is 1. The van der Waals surface area contributed by atoms with Gasteiger partial charge in [0.2, 0.25) is 0 Å². The van der Waals surface area contributed by atoms with Gasteiger partial charge in [0, 0.05) is 11.3 Å². The Morgan fingerprint density at radius 1 is 1.39 bits per heavy atom. The highest BCUT2D eigenvalue weighted by molar-refractivity contribution is 5.95. The van der Waals surface area contributed by atoms with Gasteiger partial charge in [0.05, 0.1) is 23.3 Å². The largest absolute Gasteiger partial charge is 0.466 e. The minimum absolute atomic E-state index is 0.0250. The van der Waals surface area contributed by atoms with Gasteiger partial charge in [-0.05, 0) is 59.9 Å². The summed E-state index contributed by atoms with van der Waals surface area (Å²) >= 11 is 0. The molecule has 124 valence electrons. The summed E-state index contributed by atoms with van der Waals surface area (Å²) in [6, 6.07) is 1.82. The molecule has 0 saturated carbocycles. The second kappa shape index (κ2) is 5.55. The van der Waals surface area contributed by atoms with Gasteiger partial charge in [0.15, 0.2) is 0 Å². The van der Waals surface area contributed by atoms with E-state index in [1.54, 1.807) is 6.07 Å². The average molecular weight is 315 g/mol. The van der Waals surface area contributed by atoms with Crippen LogP contribution in [0.2, 0.25) is 0 Å². The zero-order valence-electron chi connectivity index (χ0n) is 14.6. The minimum Gasteiger partial charge on any atom is -0.466 e. The van der Waals surface area contributed by atoms with E-state index in [0.717, 1.165) is 30.6 Å². The van der Waals surface area contributed by atoms with Crippen molar-refractivity contribution < 1.29 is 9.21 Å². The van der Waals surface area contributed by atoms with Gasteiger partial charge in [-0.1, -0.05) is 0 Å². The molecule has 0 radical (unpaired) electrons. The lowest BCUT2D eigenvalue weighted by Crippen LogP contribution is -2.32. The number of nitrogens with one attached hydrogen (secondary N) is 1. The summed E-state index contributed by atoms with van der Waals surface area (Å²) in [4.78, 5) is 12.6. The molecule has 0 fully saturated rings. The predicted octanol–water partition coefficient (Wildman–Crippen LogP) is 3.66. The topological polar surface area (TPSA) is 60.1 Å². The van der Waals surface area contributed by atoms with Crippen LogP contribution in [0.3, 0.4) is 0 Å². The fraction of sp³-hybridized carbons (Fsp3) is 0.556. The number of rotatable bonds is 2. The van der Waals surface area contributed by atoms with E-state index in [4.69, 9.17) is 4.42 Å². The van der Waals surface area contributed by atoms with Gasteiger partial charge in [0.1, 0.15) is 11.5 Å². The predicted molar refractivity (Wildman–Crippen MR) is 88.6 cm³/mol. The van der Waals surface area contributed by atoms with Gasteiger partial charge in [-0.2, -0.15) is 5.10 Å². The number of carbonyl (C=O) groups is 1. The van der Waals surface area contributed by atoms with Crippen LogP contribution < -0.4 is 5.32 Å². The summed E-state index contributed by atoms with van der Waals surface area (Å²) in [6.07, 6.45) is 4.94. The number of hydrogen-bond donors (Lipinski definition) is 1. The van der Waals surface area contributed by atoms with Gasteiger partial charge in [-0.3, -0.25) is 9.48 Å². The minimum atomic E-state index is -0.0688. The third-order valence-electron chi connectivity index (χ3n) is 4.41. The number of fused-ring (bicyclic) bond motifs is 1. The van der Waals surface area contributed by atoms with Gasteiger partial charge in [0.25, 0.3) is 5.91 Å². The highest BCUT2D eigenvalue weighted by atomic mass is 16.3. The zero-order chi connectivity index (χ0) is 16.8. The second-order valence-corrected chi connectivity index (χ2v) is 7.37. The molecular formula is C18H25N3O2. The zero-order valence-corrected chi connectivity index (χ0v) is 14.6. The third kappa shape index (κ3) is 2.92. The summed E-state index contributed by atoms with van der Waals surface area (Å²) in [5.74, 6) is 1.36. The van der Waals surface area contributed by atoms with Crippen molar-refractivity contribution in [3.05, 3.63) is 40.6 Å². The van der Waals surface area contributed by atoms with E-state index in [9.17, 15) is 4.79 Å². The number of carbonyl (C=O) groups excluding carboxylic acids is 1. The molecular weight excluding hydrogens is 290 g/mol. The quantitative estimate of drug-likeness (QED) is 0.920. The Balaban J connectivity index is 1.85. The van der Waals surface area contributed by atoms with Gasteiger partial charge >= 0.3 is 0 Å². The van der Waals surface area contributed by atoms with E-state index in [1.807, 2.05) is 20.0 Å². The van der Waals surface area contributed by atoms with Crippen molar-refractivity contribution in [2.75, 3.05) is 0 Å². The smallest absolute Gasteiger partial charge is 0.255 e. The molecule has 0 aliphatic heterocycles. The molecule has 1 aliphatic carbocycles. The molecule has 1 amide bonds. The molecule has 0 saturated heterocycles. The first-order valence-electron chi connectivity index (χ1n) is 8.22. The van der Waals surface area contributed by atoms with Crippen LogP contribution in [0, 0.1) is 13.8 Å². The van der Waals surface area contributed by atoms with Gasteiger partial charge in [-0.25, -0.2) is 0 Å². The molecule has 3 rings (SSSR count). The first-order valence-corrected chi connectivity index (χ1v) is 8.22. The number of amides is 1. The molecule has 1 N–H and O–H groups in total. The Morgan fingerprint density at radius 2 is 2.13 bits per heavy atom. The highest BCUT2D eigenvalue weighted by Gasteiger charge is 2.29. The maximum atomic E-state index is 12.6. The van der Waals surface area contributed by atoms with Crippen LogP contribution in [-0.2, 0) is 12.0 Å². The summed E-state index contributed by atoms with van der Waals surface area (Å²) < 4.78 is 7.56. The number of nitrogens with zero attached hydrogens (tertiary/aromatic N) is 2. The number of aryl methyl sites for hydroxylation is 2. The van der Waals surface area contributed by atoms with Gasteiger partial charge in [-0.15, -0.1) is 0 Å². The third-order valence-corrected chi connectivity index (χ3v) is 4.41. The maximum absolute atomic E-state index is 12.6. The molecule has 2 aromatic rings. The number of hydrogen-bond acceptors (Lipinski definition) is 3. The second-order valence-electron chi connectivity index (χ2n) is 7.37. The van der Waals surface area contributed by atoms with Crippen molar-refractivity contribution in [2.45, 2.75) is 65.5 Å². The van der Waals surface area contributed by atoms with E-state index in [2.05, 4.69) is 35.9 Å². The SMILES string of the molecule is Cc1cc(C(=O)N[C@H]2CCCc3c2cnn3C(C)(C)C)c(C)o1. The van der Waals surface area contributed by atoms with Crippen molar-refractivity contribution >= 4 is 5.91 Å². The van der Waals surface area contributed by atoms with Crippen molar-refractivity contribution in [1.29, 1.82) is 0 Å². The number of aromatic nitrogens is 2. The Hall–Kier alpha value is -2.04. The van der Waals surface area contributed by atoms with Gasteiger partial charge < -0.3 is 9.73 Å². The molecule has 0 bridgehead atoms. The molecule has 1 atom stereocenters. The van der Waals surface area contributed by atoms with E-state index in [-0.39, 0.29) is 17.5 Å². The summed E-state index contributed by atoms with van der Waals surface area (Å²) in [6.45, 7) is 10.1. The Bertz CT molecular complexity index is 734. The first-order chi connectivity index (χ1) is 10.8. The monoisotopic (exact) mass is 315 g/mol. The lowest BCUT2D eigenvalue weighted by Gasteiger charge is -2.28. The van der Waals surface area contributed by atoms with Crippen molar-refractivity contribution in [3.8, 4) is 0 Å². The van der Waals surface area contributed by atoms with Crippen molar-refractivity contribution in [2.24, 2.45) is 0 Å². The normalized spacial score (nSPS) is 17.9. The van der Waals surface area contributed by atoms with Crippen LogP contribution in [0.1, 0.15) is 72.8 Å². The fourth-order valence-electron chi connectivity index (χ4n) is 3.38. The molecule has 0 spiro atoms. The lowest BCUT2D eigenvalue weighted by atomic mass is 9.92. The summed E-state index contributed by atoms with van der Waals surface area (Å²) in [5, 5.41) is 7.73. The van der Waals surface area contributed by atoms with Crippen LogP contribution in [0.25, 0.3) is 0 Å². The van der Waals surface area contributed by atoms with Crippen LogP contribution >= 0.6 is 0 Å². The molecule has 2 aromatic heterocycles. The average Bonchev–Trinajstić information content (AvgIpc) is 3.02. The first kappa shape index (κ1) is 15.8.